The maximum absolute atomic E-state index is 12.5. The number of amides is 2. The summed E-state index contributed by atoms with van der Waals surface area (Å²) < 4.78 is 10.5. The Bertz CT molecular complexity index is 836. The van der Waals surface area contributed by atoms with E-state index < -0.39 is 0 Å². The molecule has 0 saturated carbocycles. The molecule has 0 radical (unpaired) electrons. The second kappa shape index (κ2) is 10.5. The number of carbonyl (C=O) groups is 2. The molecule has 2 amide bonds. The van der Waals surface area contributed by atoms with Crippen LogP contribution in [-0.2, 0) is 16.1 Å². The molecule has 2 aromatic carbocycles. The first-order valence-corrected chi connectivity index (χ1v) is 9.45. The second-order valence-electron chi connectivity index (χ2n) is 7.16. The summed E-state index contributed by atoms with van der Waals surface area (Å²) in [5, 5.41) is 2.86. The van der Waals surface area contributed by atoms with E-state index in [1.807, 2.05) is 56.4 Å². The molecule has 1 atom stereocenters. The number of quaternary nitrogens is 1. The third-order valence-electron chi connectivity index (χ3n) is 4.54. The topological polar surface area (TPSA) is 72.3 Å². The van der Waals surface area contributed by atoms with Crippen molar-refractivity contribution in [3.63, 3.8) is 0 Å². The van der Waals surface area contributed by atoms with Crippen LogP contribution in [0.15, 0.2) is 42.5 Å². The van der Waals surface area contributed by atoms with Crippen molar-refractivity contribution >= 4 is 17.5 Å². The van der Waals surface area contributed by atoms with Crippen molar-refractivity contribution < 1.29 is 24.0 Å². The average Bonchev–Trinajstić information content (AvgIpc) is 2.69. The van der Waals surface area contributed by atoms with Gasteiger partial charge in [0.05, 0.1) is 21.3 Å². The van der Waals surface area contributed by atoms with E-state index in [4.69, 9.17) is 9.47 Å². The second-order valence-corrected chi connectivity index (χ2v) is 7.16. The predicted molar refractivity (Wildman–Crippen MR) is 112 cm³/mol. The van der Waals surface area contributed by atoms with Gasteiger partial charge in [-0.15, -0.1) is 0 Å². The molecule has 0 aliphatic heterocycles. The fourth-order valence-electron chi connectivity index (χ4n) is 2.91. The molecular weight excluding hydrogens is 370 g/mol. The summed E-state index contributed by atoms with van der Waals surface area (Å²) in [6.07, 6.45) is 0. The first kappa shape index (κ1) is 22.2. The summed E-state index contributed by atoms with van der Waals surface area (Å²) in [6, 6.07) is 13.2. The Morgan fingerprint density at radius 1 is 1.00 bits per heavy atom. The van der Waals surface area contributed by atoms with Crippen LogP contribution >= 0.6 is 0 Å². The number of anilines is 1. The monoisotopic (exact) mass is 400 g/mol. The van der Waals surface area contributed by atoms with Crippen molar-refractivity contribution in [2.75, 3.05) is 46.7 Å². The van der Waals surface area contributed by atoms with E-state index in [9.17, 15) is 9.59 Å². The molecule has 1 unspecified atom stereocenters. The van der Waals surface area contributed by atoms with Crippen molar-refractivity contribution in [1.82, 2.24) is 4.90 Å². The van der Waals surface area contributed by atoms with Crippen LogP contribution in [0.3, 0.4) is 0 Å². The Hall–Kier alpha value is -3.06. The van der Waals surface area contributed by atoms with Crippen LogP contribution in [0.4, 0.5) is 5.69 Å². The van der Waals surface area contributed by atoms with Gasteiger partial charge in [0.2, 0.25) is 0 Å². The number of benzene rings is 2. The van der Waals surface area contributed by atoms with Crippen molar-refractivity contribution in [1.29, 1.82) is 0 Å². The fourth-order valence-corrected chi connectivity index (χ4v) is 2.91. The highest BCUT2D eigenvalue weighted by Crippen LogP contribution is 2.27. The Morgan fingerprint density at radius 2 is 1.66 bits per heavy atom. The number of likely N-dealkylation sites (N-methyl/N-ethyl adjacent to an activating group) is 2. The largest absolute Gasteiger partial charge is 0.493 e. The maximum Gasteiger partial charge on any atom is 0.279 e. The smallest absolute Gasteiger partial charge is 0.279 e. The van der Waals surface area contributed by atoms with E-state index in [0.717, 1.165) is 21.7 Å². The summed E-state index contributed by atoms with van der Waals surface area (Å²) in [4.78, 5) is 27.2. The van der Waals surface area contributed by atoms with Gasteiger partial charge in [0.25, 0.3) is 11.8 Å². The molecule has 0 bridgehead atoms. The minimum atomic E-state index is -0.123. The van der Waals surface area contributed by atoms with Gasteiger partial charge in [-0.25, -0.2) is 0 Å². The number of nitrogens with one attached hydrogen (secondary N) is 2. The number of carbonyl (C=O) groups excluding carboxylic acids is 2. The number of methoxy groups -OCH3 is 2. The van der Waals surface area contributed by atoms with Gasteiger partial charge >= 0.3 is 0 Å². The standard InChI is InChI=1S/C22H29N3O4/c1-16-6-9-18(10-7-16)23-21(26)14-24(2)15-22(27)25(3)13-17-8-11-19(28-4)20(12-17)29-5/h6-12H,13-15H2,1-5H3,(H,23,26)/p+1. The third kappa shape index (κ3) is 6.80. The zero-order valence-corrected chi connectivity index (χ0v) is 17.7. The zero-order chi connectivity index (χ0) is 21.4. The maximum atomic E-state index is 12.5. The van der Waals surface area contributed by atoms with Gasteiger partial charge < -0.3 is 24.6 Å². The van der Waals surface area contributed by atoms with Crippen LogP contribution in [0.2, 0.25) is 0 Å². The van der Waals surface area contributed by atoms with Gasteiger partial charge in [0.1, 0.15) is 0 Å². The highest BCUT2D eigenvalue weighted by molar-refractivity contribution is 5.91. The molecule has 29 heavy (non-hydrogen) atoms. The molecule has 0 saturated heterocycles. The van der Waals surface area contributed by atoms with E-state index in [-0.39, 0.29) is 24.9 Å². The van der Waals surface area contributed by atoms with Crippen LogP contribution in [0, 0.1) is 6.92 Å². The number of hydrogen-bond donors (Lipinski definition) is 2. The summed E-state index contributed by atoms with van der Waals surface area (Å²) in [6.45, 7) is 2.88. The van der Waals surface area contributed by atoms with E-state index >= 15 is 0 Å². The van der Waals surface area contributed by atoms with Gasteiger partial charge in [-0.2, -0.15) is 0 Å². The Morgan fingerprint density at radius 3 is 2.28 bits per heavy atom. The molecular formula is C22H30N3O4+. The van der Waals surface area contributed by atoms with Gasteiger partial charge in [-0.1, -0.05) is 23.8 Å². The summed E-state index contributed by atoms with van der Waals surface area (Å²) >= 11 is 0. The van der Waals surface area contributed by atoms with Gasteiger partial charge in [-0.3, -0.25) is 9.59 Å². The lowest BCUT2D eigenvalue weighted by atomic mass is 10.2. The number of hydrogen-bond acceptors (Lipinski definition) is 4. The van der Waals surface area contributed by atoms with Crippen molar-refractivity contribution in [2.24, 2.45) is 0 Å². The molecule has 0 spiro atoms. The molecule has 0 heterocycles. The highest BCUT2D eigenvalue weighted by atomic mass is 16.5. The highest BCUT2D eigenvalue weighted by Gasteiger charge is 2.18. The van der Waals surface area contributed by atoms with E-state index in [1.54, 1.807) is 26.2 Å². The lowest BCUT2D eigenvalue weighted by Gasteiger charge is -2.20. The minimum absolute atomic E-state index is 0.0413. The first-order valence-electron chi connectivity index (χ1n) is 9.45. The molecule has 0 fully saturated rings. The molecule has 7 nitrogen and oxygen atoms in total. The molecule has 0 aliphatic rings. The van der Waals surface area contributed by atoms with E-state index in [1.165, 1.54) is 0 Å². The van der Waals surface area contributed by atoms with Gasteiger partial charge in [0, 0.05) is 19.3 Å². The van der Waals surface area contributed by atoms with Crippen molar-refractivity contribution in [2.45, 2.75) is 13.5 Å². The van der Waals surface area contributed by atoms with Crippen molar-refractivity contribution in [3.05, 3.63) is 53.6 Å². The molecule has 7 heteroatoms. The molecule has 2 rings (SSSR count). The van der Waals surface area contributed by atoms with Crippen molar-refractivity contribution in [3.8, 4) is 11.5 Å². The van der Waals surface area contributed by atoms with Gasteiger partial charge in [-0.05, 0) is 36.8 Å². The van der Waals surface area contributed by atoms with Crippen LogP contribution in [-0.4, -0.2) is 58.1 Å². The Balaban J connectivity index is 1.85. The lowest BCUT2D eigenvalue weighted by molar-refractivity contribution is -0.862. The third-order valence-corrected chi connectivity index (χ3v) is 4.54. The van der Waals surface area contributed by atoms with Crippen LogP contribution in [0.25, 0.3) is 0 Å². The van der Waals surface area contributed by atoms with E-state index in [2.05, 4.69) is 5.32 Å². The van der Waals surface area contributed by atoms with Crippen LogP contribution < -0.4 is 19.7 Å². The number of aryl methyl sites for hydroxylation is 1. The fraction of sp³-hybridized carbons (Fsp3) is 0.364. The van der Waals surface area contributed by atoms with Crippen LogP contribution in [0.5, 0.6) is 11.5 Å². The minimum Gasteiger partial charge on any atom is -0.493 e. The SMILES string of the molecule is COc1ccc(CN(C)C(=O)C[NH+](C)CC(=O)Nc2ccc(C)cc2)cc1OC. The number of rotatable bonds is 9. The predicted octanol–water partition coefficient (Wildman–Crippen LogP) is 1.12. The normalized spacial score (nSPS) is 11.5. The van der Waals surface area contributed by atoms with E-state index in [0.29, 0.717) is 18.0 Å². The molecule has 0 aromatic heterocycles. The number of nitrogens with zero attached hydrogens (tertiary/aromatic N) is 1. The van der Waals surface area contributed by atoms with Gasteiger partial charge in [0.15, 0.2) is 24.6 Å². The average molecular weight is 400 g/mol. The molecule has 2 aromatic rings. The Kier molecular flexibility index (Phi) is 8.03. The molecule has 0 aliphatic carbocycles. The Labute approximate surface area is 172 Å². The molecule has 156 valence electrons. The summed E-state index contributed by atoms with van der Waals surface area (Å²) in [7, 11) is 6.74. The molecule has 2 N–H and O–H groups in total. The quantitative estimate of drug-likeness (QED) is 0.662. The summed E-state index contributed by atoms with van der Waals surface area (Å²) in [5.74, 6) is 1.11. The number of ether oxygens (including phenoxy) is 2. The first-order chi connectivity index (χ1) is 13.8. The zero-order valence-electron chi connectivity index (χ0n) is 17.7. The van der Waals surface area contributed by atoms with Crippen LogP contribution in [0.1, 0.15) is 11.1 Å². The lowest BCUT2D eigenvalue weighted by Crippen LogP contribution is -3.11. The summed E-state index contributed by atoms with van der Waals surface area (Å²) in [5.41, 5.74) is 2.83.